The van der Waals surface area contributed by atoms with Crippen molar-refractivity contribution in [2.75, 3.05) is 7.05 Å². The molecule has 1 heteroatoms. The molecule has 0 fully saturated rings. The molecule has 1 N–H and O–H groups in total. The van der Waals surface area contributed by atoms with E-state index in [0.717, 1.165) is 5.92 Å². The molecule has 0 aromatic heterocycles. The number of nitrogens with one attached hydrogen (secondary N) is 1. The molecule has 19 heavy (non-hydrogen) atoms. The van der Waals surface area contributed by atoms with Gasteiger partial charge in [-0.25, -0.2) is 0 Å². The van der Waals surface area contributed by atoms with Crippen LogP contribution in [0.2, 0.25) is 0 Å². The van der Waals surface area contributed by atoms with Crippen molar-refractivity contribution >= 4 is 10.8 Å². The smallest absolute Gasteiger partial charge is 0.0317 e. The topological polar surface area (TPSA) is 12.0 Å². The minimum absolute atomic E-state index is 0.475. The third-order valence-electron chi connectivity index (χ3n) is 3.80. The molecule has 0 aliphatic heterocycles. The van der Waals surface area contributed by atoms with Crippen molar-refractivity contribution in [1.82, 2.24) is 5.32 Å². The Morgan fingerprint density at radius 2 is 1.68 bits per heavy atom. The van der Waals surface area contributed by atoms with Crippen molar-refractivity contribution in [3.05, 3.63) is 48.0 Å². The highest BCUT2D eigenvalue weighted by Crippen LogP contribution is 2.24. The highest BCUT2D eigenvalue weighted by atomic mass is 14.9. The lowest BCUT2D eigenvalue weighted by Gasteiger charge is -2.18. The Bertz CT molecular complexity index is 516. The Hall–Kier alpha value is -1.34. The van der Waals surface area contributed by atoms with E-state index in [0.29, 0.717) is 6.04 Å². The van der Waals surface area contributed by atoms with Crippen molar-refractivity contribution in [2.24, 2.45) is 5.92 Å². The number of fused-ring (bicyclic) bond motifs is 1. The highest BCUT2D eigenvalue weighted by Gasteiger charge is 2.09. The van der Waals surface area contributed by atoms with Crippen molar-refractivity contribution in [3.8, 4) is 0 Å². The Labute approximate surface area is 117 Å². The lowest BCUT2D eigenvalue weighted by molar-refractivity contribution is 0.471. The summed E-state index contributed by atoms with van der Waals surface area (Å²) in [6, 6.07) is 15.9. The molecule has 1 atom stereocenters. The van der Waals surface area contributed by atoms with Crippen molar-refractivity contribution in [2.45, 2.75) is 39.2 Å². The zero-order valence-electron chi connectivity index (χ0n) is 12.3. The van der Waals surface area contributed by atoms with Gasteiger partial charge in [-0.1, -0.05) is 63.1 Å². The van der Waals surface area contributed by atoms with Crippen molar-refractivity contribution in [1.29, 1.82) is 0 Å². The molecule has 0 amide bonds. The normalized spacial score (nSPS) is 13.1. The summed E-state index contributed by atoms with van der Waals surface area (Å²) in [7, 11) is 2.06. The van der Waals surface area contributed by atoms with Gasteiger partial charge in [0, 0.05) is 6.04 Å². The fourth-order valence-corrected chi connectivity index (χ4v) is 2.63. The molecule has 0 saturated heterocycles. The molecule has 2 aromatic carbocycles. The van der Waals surface area contributed by atoms with Crippen LogP contribution in [0.15, 0.2) is 42.5 Å². The van der Waals surface area contributed by atoms with E-state index in [9.17, 15) is 0 Å². The third-order valence-corrected chi connectivity index (χ3v) is 3.80. The minimum Gasteiger partial charge on any atom is -0.313 e. The zero-order valence-corrected chi connectivity index (χ0v) is 12.3. The standard InChI is InChI=1S/C18H25N/c1-14(2)7-6-10-18(19-3)17-12-11-15-8-4-5-9-16(15)13-17/h4-5,8-9,11-14,18-19H,6-7,10H2,1-3H3. The molecule has 0 radical (unpaired) electrons. The van der Waals surface area contributed by atoms with Gasteiger partial charge in [0.05, 0.1) is 0 Å². The molecular formula is C18H25N. The maximum Gasteiger partial charge on any atom is 0.0317 e. The molecule has 0 spiro atoms. The highest BCUT2D eigenvalue weighted by molar-refractivity contribution is 5.83. The number of benzene rings is 2. The summed E-state index contributed by atoms with van der Waals surface area (Å²) in [5, 5.41) is 6.12. The first-order valence-corrected chi connectivity index (χ1v) is 7.36. The molecule has 2 aromatic rings. The van der Waals surface area contributed by atoms with E-state index in [2.05, 4.69) is 68.7 Å². The first-order valence-electron chi connectivity index (χ1n) is 7.36. The molecular weight excluding hydrogens is 230 g/mol. The number of rotatable bonds is 6. The second-order valence-electron chi connectivity index (χ2n) is 5.77. The Morgan fingerprint density at radius 1 is 0.947 bits per heavy atom. The Balaban J connectivity index is 2.11. The lowest BCUT2D eigenvalue weighted by Crippen LogP contribution is -2.16. The first kappa shape index (κ1) is 14.1. The summed E-state index contributed by atoms with van der Waals surface area (Å²) in [6.45, 7) is 4.59. The number of hydrogen-bond acceptors (Lipinski definition) is 1. The van der Waals surface area contributed by atoms with Crippen molar-refractivity contribution in [3.63, 3.8) is 0 Å². The van der Waals surface area contributed by atoms with Crippen LogP contribution in [0.3, 0.4) is 0 Å². The molecule has 1 nitrogen and oxygen atoms in total. The molecule has 0 aliphatic rings. The van der Waals surface area contributed by atoms with Gasteiger partial charge in [-0.05, 0) is 41.8 Å². The monoisotopic (exact) mass is 255 g/mol. The van der Waals surface area contributed by atoms with Crippen LogP contribution in [-0.4, -0.2) is 7.05 Å². The van der Waals surface area contributed by atoms with E-state index in [1.807, 2.05) is 0 Å². The van der Waals surface area contributed by atoms with Crippen molar-refractivity contribution < 1.29 is 0 Å². The van der Waals surface area contributed by atoms with Gasteiger partial charge < -0.3 is 5.32 Å². The molecule has 0 bridgehead atoms. The van der Waals surface area contributed by atoms with Crippen LogP contribution in [0, 0.1) is 5.92 Å². The predicted molar refractivity (Wildman–Crippen MR) is 84.4 cm³/mol. The van der Waals surface area contributed by atoms with Gasteiger partial charge in [-0.15, -0.1) is 0 Å². The van der Waals surface area contributed by atoms with Crippen LogP contribution < -0.4 is 5.32 Å². The maximum atomic E-state index is 3.46. The van der Waals surface area contributed by atoms with E-state index in [-0.39, 0.29) is 0 Å². The second-order valence-corrected chi connectivity index (χ2v) is 5.77. The minimum atomic E-state index is 0.475. The first-order chi connectivity index (χ1) is 9.20. The fourth-order valence-electron chi connectivity index (χ4n) is 2.63. The van der Waals surface area contributed by atoms with E-state index >= 15 is 0 Å². The average molecular weight is 255 g/mol. The molecule has 0 aliphatic carbocycles. The molecule has 2 rings (SSSR count). The SMILES string of the molecule is CNC(CCCC(C)C)c1ccc2ccccc2c1. The zero-order chi connectivity index (χ0) is 13.7. The van der Waals surface area contributed by atoms with Gasteiger partial charge in [0.25, 0.3) is 0 Å². The van der Waals surface area contributed by atoms with Crippen LogP contribution in [0.4, 0.5) is 0 Å². The third kappa shape index (κ3) is 3.81. The van der Waals surface area contributed by atoms with Gasteiger partial charge >= 0.3 is 0 Å². The van der Waals surface area contributed by atoms with Crippen LogP contribution in [-0.2, 0) is 0 Å². The quantitative estimate of drug-likeness (QED) is 0.772. The van der Waals surface area contributed by atoms with E-state index in [1.165, 1.54) is 35.6 Å². The van der Waals surface area contributed by atoms with E-state index in [1.54, 1.807) is 0 Å². The summed E-state index contributed by atoms with van der Waals surface area (Å²) in [5.74, 6) is 0.800. The molecule has 102 valence electrons. The summed E-state index contributed by atoms with van der Waals surface area (Å²) < 4.78 is 0. The summed E-state index contributed by atoms with van der Waals surface area (Å²) in [5.41, 5.74) is 1.41. The lowest BCUT2D eigenvalue weighted by atomic mass is 9.96. The largest absolute Gasteiger partial charge is 0.313 e. The van der Waals surface area contributed by atoms with E-state index < -0.39 is 0 Å². The molecule has 1 unspecified atom stereocenters. The van der Waals surface area contributed by atoms with Crippen LogP contribution in [0.5, 0.6) is 0 Å². The predicted octanol–water partition coefficient (Wildman–Crippen LogP) is 4.93. The van der Waals surface area contributed by atoms with Gasteiger partial charge in [0.15, 0.2) is 0 Å². The maximum absolute atomic E-state index is 3.46. The summed E-state index contributed by atoms with van der Waals surface area (Å²) in [4.78, 5) is 0. The fraction of sp³-hybridized carbons (Fsp3) is 0.444. The molecule has 0 heterocycles. The summed E-state index contributed by atoms with van der Waals surface area (Å²) in [6.07, 6.45) is 3.81. The number of hydrogen-bond donors (Lipinski definition) is 1. The van der Waals surface area contributed by atoms with Crippen LogP contribution >= 0.6 is 0 Å². The summed E-state index contributed by atoms with van der Waals surface area (Å²) >= 11 is 0. The second kappa shape index (κ2) is 6.72. The van der Waals surface area contributed by atoms with Crippen LogP contribution in [0.1, 0.15) is 44.7 Å². The molecule has 0 saturated carbocycles. The van der Waals surface area contributed by atoms with Gasteiger partial charge in [0.1, 0.15) is 0 Å². The van der Waals surface area contributed by atoms with Crippen LogP contribution in [0.25, 0.3) is 10.8 Å². The Kier molecular flexibility index (Phi) is 4.98. The van der Waals surface area contributed by atoms with Gasteiger partial charge in [-0.2, -0.15) is 0 Å². The van der Waals surface area contributed by atoms with E-state index in [4.69, 9.17) is 0 Å². The Morgan fingerprint density at radius 3 is 2.37 bits per heavy atom. The van der Waals surface area contributed by atoms with Gasteiger partial charge in [0.2, 0.25) is 0 Å². The van der Waals surface area contributed by atoms with Gasteiger partial charge in [-0.3, -0.25) is 0 Å². The average Bonchev–Trinajstić information content (AvgIpc) is 2.43.